The number of carbonyl (C=O) groups is 4. The Morgan fingerprint density at radius 3 is 1.40 bits per heavy atom. The maximum absolute atomic E-state index is 14.0. The molecule has 35 heteroatoms. The highest BCUT2D eigenvalue weighted by atomic mass is 31.2. The van der Waals surface area contributed by atoms with E-state index in [2.05, 4.69) is 34.4 Å². The van der Waals surface area contributed by atoms with Crippen LogP contribution in [0.4, 0.5) is 22.0 Å². The lowest BCUT2D eigenvalue weighted by atomic mass is 9.92. The predicted molar refractivity (Wildman–Crippen MR) is 316 cm³/mol. The monoisotopic (exact) mass is 1350 g/mol. The summed E-state index contributed by atoms with van der Waals surface area (Å²) in [5.41, 5.74) is -5.92. The van der Waals surface area contributed by atoms with Gasteiger partial charge in [-0.25, -0.2) is 50.1 Å². The number of carbonyl (C=O) groups excluding carboxylic acids is 4. The van der Waals surface area contributed by atoms with Crippen LogP contribution in [-0.4, -0.2) is 115 Å². The third-order valence-corrected chi connectivity index (χ3v) is 16.7. The van der Waals surface area contributed by atoms with Gasteiger partial charge in [0.15, 0.2) is 0 Å². The molecule has 5 N–H and O–H groups in total. The summed E-state index contributed by atoms with van der Waals surface area (Å²) >= 11 is 0. The third-order valence-electron chi connectivity index (χ3n) is 13.5. The number of aliphatic hydroxyl groups is 1. The van der Waals surface area contributed by atoms with Crippen LogP contribution in [0, 0.1) is 54.1 Å². The van der Waals surface area contributed by atoms with Crippen LogP contribution < -0.4 is 46.2 Å². The number of para-hydroxylation sites is 2. The summed E-state index contributed by atoms with van der Waals surface area (Å²) in [6, 6.07) is 15.1. The molecule has 2 aliphatic heterocycles. The maximum atomic E-state index is 14.0. The lowest BCUT2D eigenvalue weighted by Gasteiger charge is -2.26. The number of aliphatic hydroxyl groups excluding tert-OH is 1. The minimum absolute atomic E-state index is 0.137. The van der Waals surface area contributed by atoms with E-state index in [9.17, 15) is 74.5 Å². The number of aromatic amines is 2. The van der Waals surface area contributed by atoms with Crippen molar-refractivity contribution in [2.75, 3.05) is 13.2 Å². The summed E-state index contributed by atoms with van der Waals surface area (Å²) in [5.74, 6) is -16.9. The van der Waals surface area contributed by atoms with E-state index >= 15 is 0 Å². The second kappa shape index (κ2) is 31.8. The quantitative estimate of drug-likeness (QED) is 0.00835. The Bertz CT molecular complexity index is 3910. The molecule has 0 aliphatic carbocycles. The molecular formula is C58H67F5N8O20P2. The Morgan fingerprint density at radius 2 is 1.01 bits per heavy atom. The van der Waals surface area contributed by atoms with Crippen LogP contribution in [0.2, 0.25) is 0 Å². The van der Waals surface area contributed by atoms with Gasteiger partial charge in [0.05, 0.1) is 37.2 Å². The first-order chi connectivity index (χ1) is 43.5. The van der Waals surface area contributed by atoms with E-state index in [4.69, 9.17) is 50.4 Å². The van der Waals surface area contributed by atoms with Gasteiger partial charge in [-0.3, -0.25) is 52.4 Å². The molecule has 4 heterocycles. The van der Waals surface area contributed by atoms with Crippen molar-refractivity contribution in [3.05, 3.63) is 179 Å². The standard InChI is InChI=1S/C25H31N4O9P.C18H17F5NO5P.C15H19N3O6/c1-15(2)22(32)37-21-19(36-23(25(21,5)26-6)29-13-12-20(31)27-24(29)33)14-35-39(34,28-16(3)17(4)30)38-18-10-8-7-9-11-18;1-9(2)27-18(25)10(3)24-30(26,28-11-7-5-4-6-8-11)29-17-15(22)13(20)12(19)14(21)16(17)23;1-8(2)12(21)24-11-9(7-19)23-13(15(11,3)16-4)18-6-5-10(20)17-14(18)22/h7-13,15-16,19,21,23H,14H2,1-5H3,(H,28,34)(H,27,31,33);4-10H,1-3H3,(H,24,26);5-6,8-9,11,13,19H,7H2,1-3H3,(H,17,20,22)/t16-,19+,21+,23+,25+,39-;10-,30-;9-,11-,13-,15-/m001/s1. The number of rotatable bonds is 23. The van der Waals surface area contributed by atoms with E-state index in [-0.39, 0.29) is 17.3 Å². The van der Waals surface area contributed by atoms with E-state index < -0.39 is 182 Å². The topological polar surface area (TPSA) is 348 Å². The molecule has 504 valence electrons. The molecule has 2 aromatic heterocycles. The summed E-state index contributed by atoms with van der Waals surface area (Å²) in [5, 5.41) is 14.2. The number of nitrogens with zero attached hydrogens (tertiary/aromatic N) is 4. The molecule has 0 unspecified atom stereocenters. The van der Waals surface area contributed by atoms with Crippen LogP contribution in [0.1, 0.15) is 88.6 Å². The van der Waals surface area contributed by atoms with Crippen molar-refractivity contribution in [1.29, 1.82) is 0 Å². The van der Waals surface area contributed by atoms with Gasteiger partial charge in [-0.2, -0.15) is 13.9 Å². The van der Waals surface area contributed by atoms with Gasteiger partial charge in [-0.05, 0) is 58.9 Å². The number of Topliss-reactive ketones (excluding diaryl/α,β-unsaturated/α-hetero) is 1. The van der Waals surface area contributed by atoms with E-state index in [0.717, 1.165) is 21.3 Å². The van der Waals surface area contributed by atoms with Gasteiger partial charge < -0.3 is 52.1 Å². The molecule has 28 nitrogen and oxygen atoms in total. The van der Waals surface area contributed by atoms with Crippen LogP contribution in [-0.2, 0) is 56.5 Å². The molecule has 7 rings (SSSR count). The fraction of sp³-hybridized carbons (Fsp3) is 0.448. The molecule has 0 amide bonds. The average molecular weight is 1350 g/mol. The summed E-state index contributed by atoms with van der Waals surface area (Å²) in [6.45, 7) is 30.9. The first kappa shape index (κ1) is 75.1. The highest BCUT2D eigenvalue weighted by Crippen LogP contribution is 2.50. The second-order valence-corrected chi connectivity index (χ2v) is 25.2. The summed E-state index contributed by atoms with van der Waals surface area (Å²) in [4.78, 5) is 107. The van der Waals surface area contributed by atoms with Crippen LogP contribution in [0.5, 0.6) is 17.2 Å². The van der Waals surface area contributed by atoms with E-state index in [0.29, 0.717) is 0 Å². The van der Waals surface area contributed by atoms with Crippen molar-refractivity contribution in [2.24, 2.45) is 11.8 Å². The Morgan fingerprint density at radius 1 is 0.613 bits per heavy atom. The minimum Gasteiger partial charge on any atom is -0.462 e. The predicted octanol–water partition coefficient (Wildman–Crippen LogP) is 7.00. The zero-order chi connectivity index (χ0) is 69.7. The maximum Gasteiger partial charge on any atom is 0.513 e. The number of nitrogens with one attached hydrogen (secondary N) is 4. The van der Waals surface area contributed by atoms with Crippen LogP contribution in [0.15, 0.2) is 104 Å². The molecule has 0 radical (unpaired) electrons. The molecule has 0 bridgehead atoms. The highest BCUT2D eigenvalue weighted by Gasteiger charge is 2.65. The lowest BCUT2D eigenvalue weighted by molar-refractivity contribution is -0.158. The lowest BCUT2D eigenvalue weighted by Crippen LogP contribution is -2.47. The van der Waals surface area contributed by atoms with Crippen molar-refractivity contribution in [3.63, 3.8) is 0 Å². The van der Waals surface area contributed by atoms with Gasteiger partial charge >= 0.3 is 55.9 Å². The van der Waals surface area contributed by atoms with Crippen molar-refractivity contribution in [1.82, 2.24) is 29.3 Å². The van der Waals surface area contributed by atoms with E-state index in [1.54, 1.807) is 64.1 Å². The summed E-state index contributed by atoms with van der Waals surface area (Å²) in [7, 11) is -9.14. The van der Waals surface area contributed by atoms with Gasteiger partial charge in [-0.1, -0.05) is 64.1 Å². The number of esters is 3. The molecular weight excluding hydrogens is 1290 g/mol. The van der Waals surface area contributed by atoms with Crippen molar-refractivity contribution in [2.45, 2.75) is 142 Å². The third kappa shape index (κ3) is 18.6. The highest BCUT2D eigenvalue weighted by molar-refractivity contribution is 7.52. The Balaban J connectivity index is 0.000000261. The summed E-state index contributed by atoms with van der Waals surface area (Å²) < 4.78 is 146. The molecule has 3 aromatic carbocycles. The minimum atomic E-state index is -4.91. The normalized spacial score (nSPS) is 22.6. The average Bonchev–Trinajstić information content (AvgIpc) is 1.61. The number of H-pyrrole nitrogens is 2. The number of halogens is 5. The van der Waals surface area contributed by atoms with E-state index in [1.165, 1.54) is 85.1 Å². The number of benzene rings is 3. The molecule has 0 saturated carbocycles. The number of hydrogen-bond donors (Lipinski definition) is 5. The first-order valence-corrected chi connectivity index (χ1v) is 31.1. The smallest absolute Gasteiger partial charge is 0.462 e. The molecule has 93 heavy (non-hydrogen) atoms. The molecule has 2 fully saturated rings. The fourth-order valence-electron chi connectivity index (χ4n) is 8.43. The van der Waals surface area contributed by atoms with Crippen molar-refractivity contribution >= 4 is 39.2 Å². The largest absolute Gasteiger partial charge is 0.513 e. The Labute approximate surface area is 527 Å². The first-order valence-electron chi connectivity index (χ1n) is 28.0. The SMILES string of the molecule is CC(C)OC(=O)[C@H](C)N[P@](=O)(Oc1ccccc1)Oc1c(F)c(F)c(F)c(F)c1F.[C-]#[N+][C@]1(C)[C@H](OC(=O)C(C)C)[C@@H](CO)O[C@H]1n1ccc(=O)[nH]c1=O.[C-]#[N+][C@]1(C)[C@H](OC(=O)C(C)C)[C@@H](CO[P@@](=O)(N[C@@H](C)C(C)=O)Oc2ccccc2)O[C@H]1n1ccc(=O)[nH]c1=O. The van der Waals surface area contributed by atoms with Gasteiger partial charge in [0.2, 0.25) is 59.5 Å². The summed E-state index contributed by atoms with van der Waals surface area (Å²) in [6.07, 6.45) is -5.10. The second-order valence-electron chi connectivity index (χ2n) is 21.9. The molecule has 12 atom stereocenters. The number of hydrogen-bond acceptors (Lipinski definition) is 20. The molecule has 0 spiro atoms. The Kier molecular flexibility index (Phi) is 25.7. The van der Waals surface area contributed by atoms with Crippen LogP contribution in [0.3, 0.4) is 0 Å². The van der Waals surface area contributed by atoms with Crippen molar-refractivity contribution < 1.29 is 97.1 Å². The molecule has 5 aromatic rings. The molecule has 2 aliphatic rings. The van der Waals surface area contributed by atoms with E-state index in [1.807, 2.05) is 0 Å². The zero-order valence-electron chi connectivity index (χ0n) is 51.6. The Hall–Kier alpha value is -8.65. The van der Waals surface area contributed by atoms with Crippen molar-refractivity contribution in [3.8, 4) is 17.2 Å². The molecule has 2 saturated heterocycles. The number of aromatic nitrogens is 4. The van der Waals surface area contributed by atoms with Crippen LogP contribution in [0.25, 0.3) is 9.69 Å². The van der Waals surface area contributed by atoms with Gasteiger partial charge in [0.1, 0.15) is 35.5 Å². The zero-order valence-corrected chi connectivity index (χ0v) is 53.4. The van der Waals surface area contributed by atoms with Gasteiger partial charge in [0, 0.05) is 38.4 Å². The number of ether oxygens (including phenoxy) is 5. The van der Waals surface area contributed by atoms with Gasteiger partial charge in [0.25, 0.3) is 11.1 Å². The fourth-order valence-corrected chi connectivity index (χ4v) is 11.5. The van der Waals surface area contributed by atoms with Gasteiger partial charge in [-0.15, -0.1) is 0 Å². The number of ketones is 1. The van der Waals surface area contributed by atoms with Crippen LogP contribution >= 0.6 is 15.5 Å².